The van der Waals surface area contributed by atoms with E-state index in [9.17, 15) is 0 Å². The van der Waals surface area contributed by atoms with Crippen LogP contribution >= 0.6 is 0 Å². The van der Waals surface area contributed by atoms with Crippen molar-refractivity contribution in [2.45, 2.75) is 46.0 Å². The molecular formula is C20H26. The second-order valence-electron chi connectivity index (χ2n) is 6.06. The predicted octanol–water partition coefficient (Wildman–Crippen LogP) is 6.11. The van der Waals surface area contributed by atoms with Crippen LogP contribution in [0, 0.1) is 5.92 Å². The van der Waals surface area contributed by atoms with Crippen LogP contribution in [0.3, 0.4) is 0 Å². The highest BCUT2D eigenvalue weighted by Crippen LogP contribution is 2.20. The zero-order valence-corrected chi connectivity index (χ0v) is 12.8. The van der Waals surface area contributed by atoms with Gasteiger partial charge in [-0.05, 0) is 35.4 Å². The van der Waals surface area contributed by atoms with Crippen molar-refractivity contribution < 1.29 is 0 Å². The van der Waals surface area contributed by atoms with E-state index in [1.165, 1.54) is 48.8 Å². The largest absolute Gasteiger partial charge is 0.0628 e. The van der Waals surface area contributed by atoms with Gasteiger partial charge in [0.15, 0.2) is 0 Å². The molecule has 0 aromatic heterocycles. The van der Waals surface area contributed by atoms with Crippen LogP contribution in [0.1, 0.15) is 45.1 Å². The van der Waals surface area contributed by atoms with E-state index in [0.29, 0.717) is 0 Å². The van der Waals surface area contributed by atoms with Crippen LogP contribution in [0.2, 0.25) is 0 Å². The van der Waals surface area contributed by atoms with Crippen LogP contribution in [0.4, 0.5) is 0 Å². The van der Waals surface area contributed by atoms with E-state index in [0.717, 1.165) is 5.92 Å². The Morgan fingerprint density at radius 2 is 1.35 bits per heavy atom. The third-order valence-electron chi connectivity index (χ3n) is 3.81. The summed E-state index contributed by atoms with van der Waals surface area (Å²) in [6, 6.07) is 19.7. The number of hydrogen-bond donors (Lipinski definition) is 0. The lowest BCUT2D eigenvalue weighted by atomic mass is 10.00. The van der Waals surface area contributed by atoms with Crippen molar-refractivity contribution in [2.24, 2.45) is 5.92 Å². The van der Waals surface area contributed by atoms with Crippen LogP contribution in [-0.4, -0.2) is 0 Å². The Hall–Kier alpha value is -1.56. The van der Waals surface area contributed by atoms with Crippen molar-refractivity contribution in [2.75, 3.05) is 0 Å². The summed E-state index contributed by atoms with van der Waals surface area (Å²) in [5.74, 6) is 0.847. The maximum Gasteiger partial charge on any atom is -0.0184 e. The van der Waals surface area contributed by atoms with Gasteiger partial charge in [-0.15, -0.1) is 0 Å². The van der Waals surface area contributed by atoms with Gasteiger partial charge in [0.05, 0.1) is 0 Å². The van der Waals surface area contributed by atoms with Crippen LogP contribution in [0.5, 0.6) is 0 Å². The zero-order valence-electron chi connectivity index (χ0n) is 12.8. The quantitative estimate of drug-likeness (QED) is 0.530. The maximum absolute atomic E-state index is 2.31. The first-order chi connectivity index (χ1) is 9.75. The van der Waals surface area contributed by atoms with Crippen LogP contribution in [-0.2, 0) is 6.42 Å². The van der Waals surface area contributed by atoms with Gasteiger partial charge >= 0.3 is 0 Å². The lowest BCUT2D eigenvalue weighted by Crippen LogP contribution is -1.89. The molecule has 0 atom stereocenters. The minimum Gasteiger partial charge on any atom is -0.0628 e. The molecule has 0 heterocycles. The zero-order chi connectivity index (χ0) is 14.2. The second-order valence-corrected chi connectivity index (χ2v) is 6.06. The van der Waals surface area contributed by atoms with Crippen molar-refractivity contribution in [3.05, 3.63) is 60.2 Å². The minimum atomic E-state index is 0.847. The molecule has 0 aliphatic heterocycles. The van der Waals surface area contributed by atoms with Crippen molar-refractivity contribution in [3.8, 4) is 11.1 Å². The van der Waals surface area contributed by atoms with Crippen LogP contribution in [0.15, 0.2) is 54.6 Å². The minimum absolute atomic E-state index is 0.847. The van der Waals surface area contributed by atoms with Crippen molar-refractivity contribution >= 4 is 0 Å². The molecule has 0 bridgehead atoms. The fourth-order valence-electron chi connectivity index (χ4n) is 2.55. The molecule has 20 heavy (non-hydrogen) atoms. The van der Waals surface area contributed by atoms with Gasteiger partial charge < -0.3 is 0 Å². The Bertz CT molecular complexity index is 479. The summed E-state index contributed by atoms with van der Waals surface area (Å²) >= 11 is 0. The van der Waals surface area contributed by atoms with Crippen molar-refractivity contribution in [3.63, 3.8) is 0 Å². The molecule has 0 heteroatoms. The smallest absolute Gasteiger partial charge is 0.0184 e. The molecule has 0 fully saturated rings. The Morgan fingerprint density at radius 3 is 2.00 bits per heavy atom. The number of benzene rings is 2. The summed E-state index contributed by atoms with van der Waals surface area (Å²) in [6.07, 6.45) is 6.63. The van der Waals surface area contributed by atoms with Gasteiger partial charge in [-0.25, -0.2) is 0 Å². The van der Waals surface area contributed by atoms with E-state index >= 15 is 0 Å². The second kappa shape index (κ2) is 7.89. The van der Waals surface area contributed by atoms with Gasteiger partial charge in [-0.2, -0.15) is 0 Å². The molecule has 0 nitrogen and oxygen atoms in total. The summed E-state index contributed by atoms with van der Waals surface area (Å²) in [5, 5.41) is 0. The van der Waals surface area contributed by atoms with E-state index in [1.807, 2.05) is 0 Å². The first kappa shape index (κ1) is 14.8. The van der Waals surface area contributed by atoms with E-state index in [4.69, 9.17) is 0 Å². The van der Waals surface area contributed by atoms with E-state index in [-0.39, 0.29) is 0 Å². The molecule has 0 radical (unpaired) electrons. The summed E-state index contributed by atoms with van der Waals surface area (Å²) in [5.41, 5.74) is 4.08. The lowest BCUT2D eigenvalue weighted by molar-refractivity contribution is 0.527. The SMILES string of the molecule is CC(C)CCCCCc1ccc(-c2ccccc2)cc1. The topological polar surface area (TPSA) is 0 Å². The molecule has 2 aromatic carbocycles. The summed E-state index contributed by atoms with van der Waals surface area (Å²) in [4.78, 5) is 0. The highest BCUT2D eigenvalue weighted by atomic mass is 14.0. The fourth-order valence-corrected chi connectivity index (χ4v) is 2.55. The van der Waals surface area contributed by atoms with E-state index < -0.39 is 0 Å². The molecule has 0 unspecified atom stereocenters. The molecule has 0 saturated heterocycles. The van der Waals surface area contributed by atoms with E-state index in [1.54, 1.807) is 0 Å². The molecule has 2 rings (SSSR count). The molecular weight excluding hydrogens is 240 g/mol. The standard InChI is InChI=1S/C20H26/c1-17(2)9-5-3-6-10-18-13-15-20(16-14-18)19-11-7-4-8-12-19/h4,7-8,11-17H,3,5-6,9-10H2,1-2H3. The molecule has 0 aliphatic rings. The molecule has 0 N–H and O–H groups in total. The van der Waals surface area contributed by atoms with Gasteiger partial charge in [-0.3, -0.25) is 0 Å². The van der Waals surface area contributed by atoms with Gasteiger partial charge in [0.2, 0.25) is 0 Å². The molecule has 106 valence electrons. The third kappa shape index (κ3) is 4.85. The monoisotopic (exact) mass is 266 g/mol. The third-order valence-corrected chi connectivity index (χ3v) is 3.81. The number of rotatable bonds is 7. The lowest BCUT2D eigenvalue weighted by Gasteiger charge is -2.06. The summed E-state index contributed by atoms with van der Waals surface area (Å²) in [7, 11) is 0. The maximum atomic E-state index is 2.31. The number of aryl methyl sites for hydroxylation is 1. The van der Waals surface area contributed by atoms with Gasteiger partial charge in [0.1, 0.15) is 0 Å². The number of hydrogen-bond acceptors (Lipinski definition) is 0. The predicted molar refractivity (Wildman–Crippen MR) is 88.9 cm³/mol. The average Bonchev–Trinajstić information content (AvgIpc) is 2.48. The average molecular weight is 266 g/mol. The Kier molecular flexibility index (Phi) is 5.86. The highest BCUT2D eigenvalue weighted by Gasteiger charge is 1.98. The Labute approximate surface area is 123 Å². The summed E-state index contributed by atoms with van der Waals surface area (Å²) < 4.78 is 0. The molecule has 0 aliphatic carbocycles. The van der Waals surface area contributed by atoms with Crippen molar-refractivity contribution in [1.29, 1.82) is 0 Å². The van der Waals surface area contributed by atoms with Crippen LogP contribution in [0.25, 0.3) is 11.1 Å². The Morgan fingerprint density at radius 1 is 0.700 bits per heavy atom. The van der Waals surface area contributed by atoms with Gasteiger partial charge in [0.25, 0.3) is 0 Å². The van der Waals surface area contributed by atoms with Gasteiger partial charge in [0, 0.05) is 0 Å². The molecule has 0 amide bonds. The molecule has 0 saturated carbocycles. The Balaban J connectivity index is 1.80. The van der Waals surface area contributed by atoms with Gasteiger partial charge in [-0.1, -0.05) is 87.7 Å². The van der Waals surface area contributed by atoms with Crippen molar-refractivity contribution in [1.82, 2.24) is 0 Å². The fraction of sp³-hybridized carbons (Fsp3) is 0.400. The summed E-state index contributed by atoms with van der Waals surface area (Å²) in [6.45, 7) is 4.62. The highest BCUT2D eigenvalue weighted by molar-refractivity contribution is 5.63. The number of unbranched alkanes of at least 4 members (excludes halogenated alkanes) is 2. The first-order valence-corrected chi connectivity index (χ1v) is 7.90. The normalized spacial score (nSPS) is 10.9. The van der Waals surface area contributed by atoms with E-state index in [2.05, 4.69) is 68.4 Å². The first-order valence-electron chi connectivity index (χ1n) is 7.90. The van der Waals surface area contributed by atoms with Crippen LogP contribution < -0.4 is 0 Å². The molecule has 0 spiro atoms. The molecule has 2 aromatic rings.